The van der Waals surface area contributed by atoms with Crippen LogP contribution in [0.2, 0.25) is 5.02 Å². The zero-order chi connectivity index (χ0) is 19.9. The van der Waals surface area contributed by atoms with Gasteiger partial charge in [-0.2, -0.15) is 13.2 Å². The number of hydrogen-bond donors (Lipinski definition) is 0. The second kappa shape index (κ2) is 7.16. The molecule has 0 saturated carbocycles. The van der Waals surface area contributed by atoms with Crippen LogP contribution in [0.4, 0.5) is 13.2 Å². The van der Waals surface area contributed by atoms with E-state index in [0.29, 0.717) is 5.75 Å². The fraction of sp³-hybridized carbons (Fsp3) is 0.375. The van der Waals surface area contributed by atoms with Crippen molar-refractivity contribution in [1.82, 2.24) is 19.6 Å². The second-order valence-corrected chi connectivity index (χ2v) is 7.56. The number of aromatic nitrogens is 4. The summed E-state index contributed by atoms with van der Waals surface area (Å²) in [4.78, 5) is 16.5. The monoisotopic (exact) mass is 418 g/mol. The molecule has 0 atom stereocenters. The molecule has 144 valence electrons. The molecular weight excluding hydrogens is 405 g/mol. The number of nitrogens with zero attached hydrogens (tertiary/aromatic N) is 4. The van der Waals surface area contributed by atoms with Crippen molar-refractivity contribution in [1.29, 1.82) is 0 Å². The Balaban J connectivity index is 2.44. The molecule has 0 N–H and O–H groups in total. The first kappa shape index (κ1) is 19.7. The third kappa shape index (κ3) is 3.68. The lowest BCUT2D eigenvalue weighted by Gasteiger charge is -2.13. The Morgan fingerprint density at radius 1 is 1.33 bits per heavy atom. The van der Waals surface area contributed by atoms with E-state index < -0.39 is 18.0 Å². The van der Waals surface area contributed by atoms with Crippen molar-refractivity contribution < 1.29 is 22.7 Å². The molecule has 0 radical (unpaired) electrons. The number of alkyl halides is 3. The summed E-state index contributed by atoms with van der Waals surface area (Å²) in [6, 6.07) is 2.60. The fourth-order valence-corrected chi connectivity index (χ4v) is 3.59. The maximum Gasteiger partial charge on any atom is 0.452 e. The minimum absolute atomic E-state index is 0.0240. The summed E-state index contributed by atoms with van der Waals surface area (Å²) in [6.07, 6.45) is -4.75. The van der Waals surface area contributed by atoms with Gasteiger partial charge in [-0.05, 0) is 18.1 Å². The van der Waals surface area contributed by atoms with Gasteiger partial charge in [0.2, 0.25) is 5.82 Å². The average Bonchev–Trinajstić information content (AvgIpc) is 3.04. The molecule has 0 fully saturated rings. The first-order chi connectivity index (χ1) is 12.6. The lowest BCUT2D eigenvalue weighted by Crippen LogP contribution is -2.13. The van der Waals surface area contributed by atoms with Gasteiger partial charge in [0.25, 0.3) is 0 Å². The molecule has 2 aromatic heterocycles. The first-order valence-corrected chi connectivity index (χ1v) is 9.16. The number of methoxy groups -OCH3 is 1. The molecule has 0 aliphatic carbocycles. The van der Waals surface area contributed by atoms with Gasteiger partial charge in [0.1, 0.15) is 10.5 Å². The molecule has 11 heteroatoms. The van der Waals surface area contributed by atoms with Crippen LogP contribution in [0.3, 0.4) is 0 Å². The van der Waals surface area contributed by atoms with Crippen molar-refractivity contribution in [3.8, 4) is 0 Å². The van der Waals surface area contributed by atoms with Crippen molar-refractivity contribution >= 4 is 46.0 Å². The standard InChI is InChI=1S/C16H14ClF3N4O2S/c1-7(2)6-27-13-12-22-23-15(16(18,19)20)24(12)10-5-8(17)4-9(11(10)21-13)14(25)26-3/h4-5,7H,6H2,1-3H3. The van der Waals surface area contributed by atoms with Crippen molar-refractivity contribution in [3.63, 3.8) is 0 Å². The van der Waals surface area contributed by atoms with Crippen LogP contribution in [-0.4, -0.2) is 38.4 Å². The van der Waals surface area contributed by atoms with Crippen LogP contribution < -0.4 is 0 Å². The third-order valence-electron chi connectivity index (χ3n) is 3.58. The number of benzene rings is 1. The lowest BCUT2D eigenvalue weighted by molar-refractivity contribution is -0.145. The van der Waals surface area contributed by atoms with E-state index in [4.69, 9.17) is 16.3 Å². The van der Waals surface area contributed by atoms with E-state index in [2.05, 4.69) is 15.2 Å². The number of carbonyl (C=O) groups excluding carboxylic acids is 1. The van der Waals surface area contributed by atoms with Crippen LogP contribution in [0, 0.1) is 5.92 Å². The molecule has 3 rings (SSSR count). The molecule has 2 heterocycles. The second-order valence-electron chi connectivity index (χ2n) is 6.11. The van der Waals surface area contributed by atoms with Crippen molar-refractivity contribution in [2.75, 3.05) is 12.9 Å². The number of hydrogen-bond acceptors (Lipinski definition) is 6. The third-order valence-corrected chi connectivity index (χ3v) is 5.17. The molecule has 0 unspecified atom stereocenters. The molecule has 0 amide bonds. The number of halogens is 4. The topological polar surface area (TPSA) is 69.4 Å². The average molecular weight is 419 g/mol. The van der Waals surface area contributed by atoms with Crippen molar-refractivity contribution in [3.05, 3.63) is 28.5 Å². The number of rotatable bonds is 4. The normalized spacial score (nSPS) is 12.3. The number of ether oxygens (including phenoxy) is 1. The van der Waals surface area contributed by atoms with Crippen LogP contribution in [0.15, 0.2) is 17.2 Å². The Bertz CT molecular complexity index is 1040. The van der Waals surface area contributed by atoms with Gasteiger partial charge in [0.05, 0.1) is 18.2 Å². The van der Waals surface area contributed by atoms with E-state index in [-0.39, 0.29) is 38.2 Å². The van der Waals surface area contributed by atoms with Crippen LogP contribution >= 0.6 is 23.4 Å². The highest BCUT2D eigenvalue weighted by Gasteiger charge is 2.38. The first-order valence-electron chi connectivity index (χ1n) is 7.80. The maximum absolute atomic E-state index is 13.5. The fourth-order valence-electron chi connectivity index (χ4n) is 2.47. The van der Waals surface area contributed by atoms with Crippen molar-refractivity contribution in [2.24, 2.45) is 5.92 Å². The molecule has 0 aliphatic heterocycles. The highest BCUT2D eigenvalue weighted by atomic mass is 35.5. The summed E-state index contributed by atoms with van der Waals surface area (Å²) in [5, 5.41) is 7.30. The number of thioether (sulfide) groups is 1. The molecule has 6 nitrogen and oxygen atoms in total. The largest absolute Gasteiger partial charge is 0.465 e. The summed E-state index contributed by atoms with van der Waals surface area (Å²) >= 11 is 7.27. The number of carbonyl (C=O) groups is 1. The van der Waals surface area contributed by atoms with Gasteiger partial charge in [-0.1, -0.05) is 25.4 Å². The van der Waals surface area contributed by atoms with E-state index in [1.807, 2.05) is 13.8 Å². The quantitative estimate of drug-likeness (QED) is 0.459. The van der Waals surface area contributed by atoms with Crippen LogP contribution in [0.25, 0.3) is 16.7 Å². The highest BCUT2D eigenvalue weighted by molar-refractivity contribution is 7.99. The summed E-state index contributed by atoms with van der Waals surface area (Å²) < 4.78 is 46.0. The molecule has 3 aromatic rings. The van der Waals surface area contributed by atoms with Gasteiger partial charge in [0.15, 0.2) is 5.65 Å². The highest BCUT2D eigenvalue weighted by Crippen LogP contribution is 2.35. The van der Waals surface area contributed by atoms with Crippen LogP contribution in [-0.2, 0) is 10.9 Å². The van der Waals surface area contributed by atoms with Crippen molar-refractivity contribution in [2.45, 2.75) is 25.0 Å². The molecule has 0 bridgehead atoms. The Labute approximate surface area is 161 Å². The Morgan fingerprint density at radius 3 is 2.63 bits per heavy atom. The summed E-state index contributed by atoms with van der Waals surface area (Å²) in [5.41, 5.74) is -0.0619. The van der Waals surface area contributed by atoms with Gasteiger partial charge in [0, 0.05) is 10.8 Å². The molecular formula is C16H14ClF3N4O2S. The van der Waals surface area contributed by atoms with Crippen LogP contribution in [0.5, 0.6) is 0 Å². The van der Waals surface area contributed by atoms with Gasteiger partial charge < -0.3 is 4.74 Å². The molecule has 0 spiro atoms. The molecule has 0 aliphatic rings. The molecule has 0 saturated heterocycles. The van der Waals surface area contributed by atoms with Gasteiger partial charge >= 0.3 is 12.1 Å². The predicted octanol–water partition coefficient (Wildman–Crippen LogP) is 4.48. The number of esters is 1. The Kier molecular flexibility index (Phi) is 5.22. The Hall–Kier alpha value is -2.07. The van der Waals surface area contributed by atoms with E-state index in [1.165, 1.54) is 31.0 Å². The summed E-state index contributed by atoms with van der Waals surface area (Å²) in [5.74, 6) is -1.10. The molecule has 27 heavy (non-hydrogen) atoms. The maximum atomic E-state index is 13.5. The van der Waals surface area contributed by atoms with E-state index in [1.54, 1.807) is 0 Å². The predicted molar refractivity (Wildman–Crippen MR) is 95.2 cm³/mol. The zero-order valence-electron chi connectivity index (χ0n) is 14.5. The van der Waals surface area contributed by atoms with Gasteiger partial charge in [-0.15, -0.1) is 22.0 Å². The number of fused-ring (bicyclic) bond motifs is 3. The summed E-state index contributed by atoms with van der Waals surface area (Å²) in [7, 11) is 1.17. The van der Waals surface area contributed by atoms with E-state index in [0.717, 1.165) is 4.40 Å². The zero-order valence-corrected chi connectivity index (χ0v) is 16.0. The SMILES string of the molecule is COC(=O)c1cc(Cl)cc2c1nc(SCC(C)C)c1nnc(C(F)(F)F)n12. The van der Waals surface area contributed by atoms with Gasteiger partial charge in [-0.25, -0.2) is 9.78 Å². The molecule has 1 aromatic carbocycles. The minimum Gasteiger partial charge on any atom is -0.465 e. The van der Waals surface area contributed by atoms with E-state index in [9.17, 15) is 18.0 Å². The van der Waals surface area contributed by atoms with E-state index >= 15 is 0 Å². The summed E-state index contributed by atoms with van der Waals surface area (Å²) in [6.45, 7) is 3.94. The smallest absolute Gasteiger partial charge is 0.452 e. The Morgan fingerprint density at radius 2 is 2.04 bits per heavy atom. The van der Waals surface area contributed by atoms with Crippen LogP contribution in [0.1, 0.15) is 30.0 Å². The minimum atomic E-state index is -4.75. The lowest BCUT2D eigenvalue weighted by atomic mass is 10.1. The van der Waals surface area contributed by atoms with Gasteiger partial charge in [-0.3, -0.25) is 4.40 Å².